The zero-order valence-electron chi connectivity index (χ0n) is 15.8. The van der Waals surface area contributed by atoms with Gasteiger partial charge >= 0.3 is 0 Å². The van der Waals surface area contributed by atoms with Gasteiger partial charge in [0.05, 0.1) is 22.4 Å². The quantitative estimate of drug-likeness (QED) is 0.382. The van der Waals surface area contributed by atoms with Crippen molar-refractivity contribution in [2.45, 2.75) is 0 Å². The third kappa shape index (κ3) is 3.13. The van der Waals surface area contributed by atoms with Crippen molar-refractivity contribution in [1.82, 2.24) is 9.97 Å². The van der Waals surface area contributed by atoms with Crippen molar-refractivity contribution >= 4 is 16.7 Å². The molecule has 3 heteroatoms. The van der Waals surface area contributed by atoms with E-state index in [9.17, 15) is 0 Å². The number of nitrogens with zero attached hydrogens (tertiary/aromatic N) is 2. The van der Waals surface area contributed by atoms with Gasteiger partial charge in [0.15, 0.2) is 0 Å². The maximum atomic E-state index is 6.39. The van der Waals surface area contributed by atoms with Crippen molar-refractivity contribution in [2.75, 3.05) is 5.73 Å². The fourth-order valence-corrected chi connectivity index (χ4v) is 3.64. The maximum Gasteiger partial charge on any atom is 0.0993 e. The molecule has 0 unspecified atom stereocenters. The molecule has 0 radical (unpaired) electrons. The van der Waals surface area contributed by atoms with Gasteiger partial charge in [0.25, 0.3) is 0 Å². The summed E-state index contributed by atoms with van der Waals surface area (Å²) in [5.41, 5.74) is 14.5. The van der Waals surface area contributed by atoms with Gasteiger partial charge in [-0.25, -0.2) is 9.97 Å². The molecular weight excluding hydrogens is 354 g/mol. The monoisotopic (exact) mass is 373 g/mol. The van der Waals surface area contributed by atoms with Crippen molar-refractivity contribution in [3.63, 3.8) is 0 Å². The molecule has 138 valence electrons. The smallest absolute Gasteiger partial charge is 0.0993 e. The molecule has 2 N–H and O–H groups in total. The number of nitrogen functional groups attached to an aromatic ring is 1. The summed E-state index contributed by atoms with van der Waals surface area (Å²) in [5.74, 6) is 0. The zero-order valence-corrected chi connectivity index (χ0v) is 15.8. The lowest BCUT2D eigenvalue weighted by Gasteiger charge is -2.14. The van der Waals surface area contributed by atoms with E-state index in [2.05, 4.69) is 36.4 Å². The van der Waals surface area contributed by atoms with E-state index in [0.29, 0.717) is 5.69 Å². The number of nitrogens with two attached hydrogens (primary N) is 1. The fraction of sp³-hybridized carbons (Fsp3) is 0. The van der Waals surface area contributed by atoms with Crippen LogP contribution < -0.4 is 5.73 Å². The highest BCUT2D eigenvalue weighted by atomic mass is 14.8. The Kier molecular flexibility index (Phi) is 4.26. The predicted molar refractivity (Wildman–Crippen MR) is 120 cm³/mol. The number of fused-ring (bicyclic) bond motifs is 1. The molecule has 4 aromatic carbocycles. The number of hydrogen-bond acceptors (Lipinski definition) is 3. The van der Waals surface area contributed by atoms with E-state index >= 15 is 0 Å². The molecule has 5 aromatic rings. The topological polar surface area (TPSA) is 51.8 Å². The van der Waals surface area contributed by atoms with Gasteiger partial charge in [0.2, 0.25) is 0 Å². The van der Waals surface area contributed by atoms with Crippen LogP contribution in [0.3, 0.4) is 0 Å². The molecular formula is C26H19N3. The van der Waals surface area contributed by atoms with Gasteiger partial charge < -0.3 is 5.73 Å². The van der Waals surface area contributed by atoms with E-state index in [1.165, 1.54) is 0 Å². The Morgan fingerprint density at radius 3 is 1.52 bits per heavy atom. The van der Waals surface area contributed by atoms with E-state index in [1.54, 1.807) is 0 Å². The van der Waals surface area contributed by atoms with Crippen LogP contribution in [0.25, 0.3) is 44.7 Å². The summed E-state index contributed by atoms with van der Waals surface area (Å²) in [6, 6.07) is 34.4. The highest BCUT2D eigenvalue weighted by Gasteiger charge is 2.17. The van der Waals surface area contributed by atoms with Crippen molar-refractivity contribution < 1.29 is 0 Å². The largest absolute Gasteiger partial charge is 0.398 e. The van der Waals surface area contributed by atoms with Crippen molar-refractivity contribution in [3.8, 4) is 33.6 Å². The van der Waals surface area contributed by atoms with Gasteiger partial charge in [0.1, 0.15) is 0 Å². The van der Waals surface area contributed by atoms with Crippen LogP contribution in [0.5, 0.6) is 0 Å². The second kappa shape index (κ2) is 7.21. The molecule has 0 spiro atoms. The summed E-state index contributed by atoms with van der Waals surface area (Å²) in [6.45, 7) is 0. The number of aromatic nitrogens is 2. The Bertz CT molecular complexity index is 1280. The Morgan fingerprint density at radius 2 is 0.966 bits per heavy atom. The fourth-order valence-electron chi connectivity index (χ4n) is 3.64. The molecule has 0 aliphatic heterocycles. The van der Waals surface area contributed by atoms with E-state index in [4.69, 9.17) is 15.7 Å². The average molecular weight is 373 g/mol. The van der Waals surface area contributed by atoms with E-state index in [-0.39, 0.29) is 0 Å². The van der Waals surface area contributed by atoms with Crippen LogP contribution in [0.4, 0.5) is 5.69 Å². The first kappa shape index (κ1) is 17.1. The summed E-state index contributed by atoms with van der Waals surface area (Å²) in [6.07, 6.45) is 0. The molecule has 0 atom stereocenters. The van der Waals surface area contributed by atoms with Crippen LogP contribution in [-0.4, -0.2) is 9.97 Å². The van der Waals surface area contributed by atoms with Crippen molar-refractivity contribution in [2.24, 2.45) is 0 Å². The predicted octanol–water partition coefficient (Wildman–Crippen LogP) is 6.21. The standard InChI is InChI=1S/C26H19N3/c27-21-16-17-22-26(23(21)18-10-4-1-5-11-18)29-25(20-14-8-3-9-15-20)24(28-22)19-12-6-2-7-13-19/h1-17H,27H2. The molecule has 29 heavy (non-hydrogen) atoms. The lowest BCUT2D eigenvalue weighted by atomic mass is 9.99. The number of anilines is 1. The number of rotatable bonds is 3. The highest BCUT2D eigenvalue weighted by molar-refractivity contribution is 6.00. The second-order valence-corrected chi connectivity index (χ2v) is 6.92. The second-order valence-electron chi connectivity index (χ2n) is 6.92. The van der Waals surface area contributed by atoms with Crippen molar-refractivity contribution in [3.05, 3.63) is 103 Å². The molecule has 0 amide bonds. The molecule has 0 saturated carbocycles. The molecule has 0 saturated heterocycles. The van der Waals surface area contributed by atoms with Gasteiger partial charge in [-0.3, -0.25) is 0 Å². The summed E-state index contributed by atoms with van der Waals surface area (Å²) in [7, 11) is 0. The third-order valence-corrected chi connectivity index (χ3v) is 5.03. The first-order valence-corrected chi connectivity index (χ1v) is 9.58. The highest BCUT2D eigenvalue weighted by Crippen LogP contribution is 2.36. The maximum absolute atomic E-state index is 6.39. The summed E-state index contributed by atoms with van der Waals surface area (Å²) < 4.78 is 0. The van der Waals surface area contributed by atoms with E-state index in [0.717, 1.165) is 44.7 Å². The van der Waals surface area contributed by atoms with Crippen LogP contribution in [0, 0.1) is 0 Å². The van der Waals surface area contributed by atoms with Crippen LogP contribution in [0.2, 0.25) is 0 Å². The van der Waals surface area contributed by atoms with Gasteiger partial charge in [0, 0.05) is 22.4 Å². The molecule has 0 aliphatic carbocycles. The normalized spacial score (nSPS) is 10.9. The van der Waals surface area contributed by atoms with Crippen LogP contribution in [-0.2, 0) is 0 Å². The van der Waals surface area contributed by atoms with Crippen molar-refractivity contribution in [1.29, 1.82) is 0 Å². The Balaban J connectivity index is 1.86. The first-order valence-electron chi connectivity index (χ1n) is 9.58. The van der Waals surface area contributed by atoms with Crippen LogP contribution in [0.1, 0.15) is 0 Å². The summed E-state index contributed by atoms with van der Waals surface area (Å²) in [4.78, 5) is 10.1. The van der Waals surface area contributed by atoms with E-state index < -0.39 is 0 Å². The number of benzene rings is 4. The molecule has 5 rings (SSSR count). The Labute approximate surface area is 169 Å². The minimum absolute atomic E-state index is 0.699. The SMILES string of the molecule is Nc1ccc2nc(-c3ccccc3)c(-c3ccccc3)nc2c1-c1ccccc1. The minimum Gasteiger partial charge on any atom is -0.398 e. The molecule has 0 bridgehead atoms. The lowest BCUT2D eigenvalue weighted by Crippen LogP contribution is -1.99. The number of hydrogen-bond donors (Lipinski definition) is 1. The minimum atomic E-state index is 0.699. The molecule has 0 fully saturated rings. The summed E-state index contributed by atoms with van der Waals surface area (Å²) >= 11 is 0. The van der Waals surface area contributed by atoms with E-state index in [1.807, 2.05) is 66.7 Å². The zero-order chi connectivity index (χ0) is 19.6. The molecule has 1 heterocycles. The van der Waals surface area contributed by atoms with Gasteiger partial charge in [-0.05, 0) is 17.7 Å². The Morgan fingerprint density at radius 1 is 0.483 bits per heavy atom. The molecule has 3 nitrogen and oxygen atoms in total. The van der Waals surface area contributed by atoms with Crippen LogP contribution in [0.15, 0.2) is 103 Å². The molecule has 1 aromatic heterocycles. The van der Waals surface area contributed by atoms with Gasteiger partial charge in [-0.2, -0.15) is 0 Å². The van der Waals surface area contributed by atoms with Gasteiger partial charge in [-0.15, -0.1) is 0 Å². The third-order valence-electron chi connectivity index (χ3n) is 5.03. The summed E-state index contributed by atoms with van der Waals surface area (Å²) in [5, 5.41) is 0. The van der Waals surface area contributed by atoms with Gasteiger partial charge in [-0.1, -0.05) is 91.0 Å². The average Bonchev–Trinajstić information content (AvgIpc) is 2.80. The Hall–Kier alpha value is -3.98. The van der Waals surface area contributed by atoms with Crippen LogP contribution >= 0.6 is 0 Å². The first-order chi connectivity index (χ1) is 14.3. The lowest BCUT2D eigenvalue weighted by molar-refractivity contribution is 1.29. The molecule has 0 aliphatic rings.